The van der Waals surface area contributed by atoms with E-state index in [-0.39, 0.29) is 0 Å². The molecule has 2 atom stereocenters. The lowest BCUT2D eigenvalue weighted by atomic mass is 10.3. The van der Waals surface area contributed by atoms with Crippen LogP contribution in [-0.2, 0) is 9.53 Å². The van der Waals surface area contributed by atoms with Crippen LogP contribution in [0.3, 0.4) is 0 Å². The number of carbonyl (C=O) groups is 1. The monoisotopic (exact) mass is 286 g/mol. The van der Waals surface area contributed by atoms with Crippen molar-refractivity contribution in [2.24, 2.45) is 0 Å². The Labute approximate surface area is 101 Å². The molecule has 7 heteroatoms. The number of halogens is 5. The third-order valence-electron chi connectivity index (χ3n) is 1.09. The van der Waals surface area contributed by atoms with Gasteiger partial charge < -0.3 is 4.74 Å². The molecule has 0 aliphatic rings. The maximum Gasteiger partial charge on any atom is 0.250 e. The van der Waals surface area contributed by atoms with Gasteiger partial charge in [0.15, 0.2) is 5.56 Å². The number of alkyl halides is 5. The summed E-state index contributed by atoms with van der Waals surface area (Å²) in [5, 5.41) is -1.17. The van der Waals surface area contributed by atoms with E-state index in [0.717, 1.165) is 0 Å². The highest BCUT2D eigenvalue weighted by Gasteiger charge is 2.39. The fourth-order valence-corrected chi connectivity index (χ4v) is 1.52. The van der Waals surface area contributed by atoms with E-state index in [1.165, 1.54) is 0 Å². The SMILES string of the molecule is CCO[C@@H](Cl)[C@@H](Cl)C(=O)C(Cl)(Cl)Cl. The van der Waals surface area contributed by atoms with Gasteiger partial charge in [-0.15, -0.1) is 11.6 Å². The van der Waals surface area contributed by atoms with Gasteiger partial charge in [0.05, 0.1) is 0 Å². The van der Waals surface area contributed by atoms with Crippen LogP contribution in [0.2, 0.25) is 0 Å². The molecule has 0 heterocycles. The Kier molecular flexibility index (Phi) is 6.32. The summed E-state index contributed by atoms with van der Waals surface area (Å²) in [4.78, 5) is 11.2. The molecular formula is C6H7Cl5O2. The summed E-state index contributed by atoms with van der Waals surface area (Å²) in [6.45, 7) is 2.03. The fraction of sp³-hybridized carbons (Fsp3) is 0.833. The van der Waals surface area contributed by atoms with Crippen LogP contribution in [0, 0.1) is 0 Å². The summed E-state index contributed by atoms with van der Waals surface area (Å²) in [6, 6.07) is 0. The predicted octanol–water partition coefficient (Wildman–Crippen LogP) is 3.13. The minimum absolute atomic E-state index is 0.324. The minimum atomic E-state index is -2.06. The Morgan fingerprint density at radius 2 is 1.85 bits per heavy atom. The van der Waals surface area contributed by atoms with E-state index in [0.29, 0.717) is 6.61 Å². The van der Waals surface area contributed by atoms with Gasteiger partial charge in [0, 0.05) is 6.61 Å². The van der Waals surface area contributed by atoms with Crippen LogP contribution < -0.4 is 0 Å². The van der Waals surface area contributed by atoms with Crippen LogP contribution in [0.5, 0.6) is 0 Å². The van der Waals surface area contributed by atoms with Crippen LogP contribution in [-0.4, -0.2) is 27.1 Å². The Morgan fingerprint density at radius 3 is 2.15 bits per heavy atom. The molecule has 0 saturated carbocycles. The standard InChI is InChI=1S/C6H7Cl5O2/c1-2-13-5(8)3(7)4(12)6(9,10)11/h3,5H,2H2,1H3/t3-,5+/m0/s1. The first kappa shape index (κ1) is 14.1. The molecule has 0 aliphatic heterocycles. The zero-order chi connectivity index (χ0) is 10.6. The zero-order valence-corrected chi connectivity index (χ0v) is 10.3. The maximum atomic E-state index is 11.2. The number of rotatable bonds is 4. The summed E-state index contributed by atoms with van der Waals surface area (Å²) >= 11 is 27.1. The van der Waals surface area contributed by atoms with Crippen molar-refractivity contribution in [2.45, 2.75) is 21.7 Å². The molecule has 0 radical (unpaired) electrons. The number of hydrogen-bond donors (Lipinski definition) is 0. The van der Waals surface area contributed by atoms with Crippen LogP contribution >= 0.6 is 58.0 Å². The fourth-order valence-electron chi connectivity index (χ4n) is 0.519. The minimum Gasteiger partial charge on any atom is -0.361 e. The molecule has 0 aromatic heterocycles. The van der Waals surface area contributed by atoms with Crippen molar-refractivity contribution in [3.05, 3.63) is 0 Å². The molecule has 0 rings (SSSR count). The summed E-state index contributed by atoms with van der Waals surface area (Å²) in [5.74, 6) is -0.799. The molecule has 2 nitrogen and oxygen atoms in total. The molecule has 0 aliphatic carbocycles. The Morgan fingerprint density at radius 1 is 1.38 bits per heavy atom. The van der Waals surface area contributed by atoms with E-state index in [1.54, 1.807) is 6.92 Å². The van der Waals surface area contributed by atoms with Gasteiger partial charge in [0.25, 0.3) is 0 Å². The van der Waals surface area contributed by atoms with E-state index in [2.05, 4.69) is 0 Å². The molecule has 0 bridgehead atoms. The van der Waals surface area contributed by atoms with Crippen molar-refractivity contribution < 1.29 is 9.53 Å². The predicted molar refractivity (Wildman–Crippen MR) is 56.2 cm³/mol. The highest BCUT2D eigenvalue weighted by atomic mass is 35.6. The first-order chi connectivity index (χ1) is 5.80. The van der Waals surface area contributed by atoms with E-state index in [1.807, 2.05) is 0 Å². The molecule has 0 aromatic rings. The van der Waals surface area contributed by atoms with E-state index in [4.69, 9.17) is 62.7 Å². The molecule has 0 aromatic carbocycles. The highest BCUT2D eigenvalue weighted by molar-refractivity contribution is 6.77. The van der Waals surface area contributed by atoms with Gasteiger partial charge in [-0.05, 0) is 6.92 Å². The third kappa shape index (κ3) is 4.91. The molecule has 13 heavy (non-hydrogen) atoms. The van der Waals surface area contributed by atoms with Crippen LogP contribution in [0.25, 0.3) is 0 Å². The number of Topliss-reactive ketones (excluding diaryl/α,β-unsaturated/α-hetero) is 1. The van der Waals surface area contributed by atoms with Crippen molar-refractivity contribution in [1.82, 2.24) is 0 Å². The largest absolute Gasteiger partial charge is 0.361 e. The van der Waals surface area contributed by atoms with Gasteiger partial charge in [-0.2, -0.15) is 0 Å². The molecule has 0 saturated heterocycles. The lowest BCUT2D eigenvalue weighted by Crippen LogP contribution is -2.35. The Hall–Kier alpha value is 1.08. The van der Waals surface area contributed by atoms with Gasteiger partial charge in [0.2, 0.25) is 9.58 Å². The van der Waals surface area contributed by atoms with Crippen LogP contribution in [0.1, 0.15) is 6.92 Å². The Balaban J connectivity index is 4.26. The molecular weight excluding hydrogens is 281 g/mol. The second kappa shape index (κ2) is 5.84. The molecule has 0 spiro atoms. The molecule has 0 amide bonds. The smallest absolute Gasteiger partial charge is 0.250 e. The van der Waals surface area contributed by atoms with Crippen LogP contribution in [0.15, 0.2) is 0 Å². The highest BCUT2D eigenvalue weighted by Crippen LogP contribution is 2.31. The first-order valence-corrected chi connectivity index (χ1v) is 5.32. The van der Waals surface area contributed by atoms with E-state index in [9.17, 15) is 4.79 Å². The quantitative estimate of drug-likeness (QED) is 0.743. The van der Waals surface area contributed by atoms with Gasteiger partial charge in [-0.1, -0.05) is 46.4 Å². The summed E-state index contributed by atoms with van der Waals surface area (Å²) in [6.07, 6.45) is 0. The molecule has 0 unspecified atom stereocenters. The van der Waals surface area contributed by atoms with Crippen molar-refractivity contribution in [3.63, 3.8) is 0 Å². The Bertz CT molecular complexity index is 178. The topological polar surface area (TPSA) is 26.3 Å². The summed E-state index contributed by atoms with van der Waals surface area (Å²) < 4.78 is 2.80. The van der Waals surface area contributed by atoms with E-state index >= 15 is 0 Å². The average molecular weight is 288 g/mol. The van der Waals surface area contributed by atoms with Gasteiger partial charge in [-0.25, -0.2) is 0 Å². The van der Waals surface area contributed by atoms with Gasteiger partial charge >= 0.3 is 0 Å². The number of ether oxygens (including phenoxy) is 1. The number of carbonyl (C=O) groups excluding carboxylic acids is 1. The summed E-state index contributed by atoms with van der Waals surface area (Å²) in [7, 11) is 0. The van der Waals surface area contributed by atoms with Crippen molar-refractivity contribution in [2.75, 3.05) is 6.61 Å². The zero-order valence-electron chi connectivity index (χ0n) is 6.57. The normalized spacial score (nSPS) is 16.8. The lowest BCUT2D eigenvalue weighted by Gasteiger charge is -2.18. The number of ketones is 1. The third-order valence-corrected chi connectivity index (χ3v) is 2.58. The molecule has 0 N–H and O–H groups in total. The first-order valence-electron chi connectivity index (χ1n) is 3.31. The van der Waals surface area contributed by atoms with Gasteiger partial charge in [-0.3, -0.25) is 4.79 Å². The average Bonchev–Trinajstić information content (AvgIpc) is 2.00. The van der Waals surface area contributed by atoms with Crippen molar-refractivity contribution >= 4 is 63.8 Å². The molecule has 78 valence electrons. The maximum absolute atomic E-state index is 11.2. The van der Waals surface area contributed by atoms with E-state index < -0.39 is 20.5 Å². The van der Waals surface area contributed by atoms with Crippen molar-refractivity contribution in [1.29, 1.82) is 0 Å². The number of hydrogen-bond acceptors (Lipinski definition) is 2. The summed E-state index contributed by atoms with van der Waals surface area (Å²) in [5.41, 5.74) is -0.991. The van der Waals surface area contributed by atoms with Crippen LogP contribution in [0.4, 0.5) is 0 Å². The second-order valence-electron chi connectivity index (χ2n) is 2.07. The van der Waals surface area contributed by atoms with Gasteiger partial charge in [0.1, 0.15) is 5.38 Å². The second-order valence-corrected chi connectivity index (χ2v) is 5.25. The molecule has 0 fully saturated rings. The lowest BCUT2D eigenvalue weighted by molar-refractivity contribution is -0.119. The van der Waals surface area contributed by atoms with Crippen molar-refractivity contribution in [3.8, 4) is 0 Å².